The van der Waals surface area contributed by atoms with Crippen molar-refractivity contribution in [2.75, 3.05) is 12.4 Å². The molecule has 4 rings (SSSR count). The normalized spacial score (nSPS) is 10.7. The van der Waals surface area contributed by atoms with Gasteiger partial charge in [0.2, 0.25) is 5.95 Å². The number of nitrogens with zero attached hydrogens (tertiary/aromatic N) is 7. The Balaban J connectivity index is 1.54. The average Bonchev–Trinajstić information content (AvgIpc) is 3.39. The Morgan fingerprint density at radius 1 is 1.27 bits per heavy atom. The summed E-state index contributed by atoms with van der Waals surface area (Å²) in [5.41, 5.74) is 2.53. The van der Waals surface area contributed by atoms with Crippen molar-refractivity contribution in [1.82, 2.24) is 40.4 Å². The van der Waals surface area contributed by atoms with Crippen LogP contribution in [0.25, 0.3) is 16.9 Å². The van der Waals surface area contributed by atoms with E-state index in [4.69, 9.17) is 4.74 Å². The monoisotopic (exact) mass is 349 g/mol. The zero-order chi connectivity index (χ0) is 17.8. The fourth-order valence-corrected chi connectivity index (χ4v) is 2.37. The van der Waals surface area contributed by atoms with Crippen LogP contribution in [0.1, 0.15) is 5.82 Å². The number of aromatic nitrogens is 8. The molecule has 3 aromatic heterocycles. The summed E-state index contributed by atoms with van der Waals surface area (Å²) < 4.78 is 7.02. The van der Waals surface area contributed by atoms with E-state index in [1.165, 1.54) is 0 Å². The van der Waals surface area contributed by atoms with E-state index in [-0.39, 0.29) is 0 Å². The molecule has 0 unspecified atom stereocenters. The summed E-state index contributed by atoms with van der Waals surface area (Å²) in [6, 6.07) is 9.50. The van der Waals surface area contributed by atoms with Crippen molar-refractivity contribution in [3.63, 3.8) is 0 Å². The van der Waals surface area contributed by atoms with Crippen LogP contribution in [0.2, 0.25) is 0 Å². The molecule has 0 radical (unpaired) electrons. The number of hydrogen-bond acceptors (Lipinski definition) is 8. The molecule has 4 aromatic rings. The van der Waals surface area contributed by atoms with Crippen LogP contribution < -0.4 is 10.1 Å². The first-order chi connectivity index (χ1) is 12.8. The lowest BCUT2D eigenvalue weighted by Crippen LogP contribution is -2.05. The van der Waals surface area contributed by atoms with Crippen molar-refractivity contribution in [3.8, 4) is 22.7 Å². The van der Waals surface area contributed by atoms with Crippen LogP contribution in [-0.2, 0) is 6.54 Å². The summed E-state index contributed by atoms with van der Waals surface area (Å²) in [5, 5.41) is 21.1. The maximum atomic E-state index is 5.25. The highest BCUT2D eigenvalue weighted by molar-refractivity contribution is 5.59. The van der Waals surface area contributed by atoms with Crippen LogP contribution in [0.5, 0.6) is 5.75 Å². The molecule has 0 saturated heterocycles. The molecule has 26 heavy (non-hydrogen) atoms. The lowest BCUT2D eigenvalue weighted by atomic mass is 10.2. The van der Waals surface area contributed by atoms with E-state index >= 15 is 0 Å². The molecule has 0 spiro atoms. The Morgan fingerprint density at radius 2 is 2.23 bits per heavy atom. The van der Waals surface area contributed by atoms with Gasteiger partial charge in [-0.05, 0) is 18.2 Å². The van der Waals surface area contributed by atoms with Gasteiger partial charge in [-0.2, -0.15) is 10.3 Å². The van der Waals surface area contributed by atoms with Crippen LogP contribution in [0, 0.1) is 0 Å². The van der Waals surface area contributed by atoms with Crippen LogP contribution in [0.4, 0.5) is 5.95 Å². The number of methoxy groups -OCH3 is 1. The van der Waals surface area contributed by atoms with Gasteiger partial charge < -0.3 is 10.1 Å². The topological polar surface area (TPSA) is 119 Å². The van der Waals surface area contributed by atoms with Gasteiger partial charge in [-0.1, -0.05) is 11.3 Å². The lowest BCUT2D eigenvalue weighted by Gasteiger charge is -2.04. The molecule has 0 fully saturated rings. The summed E-state index contributed by atoms with van der Waals surface area (Å²) >= 11 is 0. The van der Waals surface area contributed by atoms with E-state index in [1.54, 1.807) is 24.2 Å². The number of anilines is 1. The number of H-pyrrole nitrogens is 1. The molecule has 10 heteroatoms. The third-order valence-corrected chi connectivity index (χ3v) is 3.65. The van der Waals surface area contributed by atoms with Gasteiger partial charge in [-0.3, -0.25) is 0 Å². The first-order valence-electron chi connectivity index (χ1n) is 7.80. The molecule has 1 aromatic carbocycles. The van der Waals surface area contributed by atoms with Gasteiger partial charge in [-0.25, -0.2) is 14.6 Å². The predicted molar refractivity (Wildman–Crippen MR) is 92.6 cm³/mol. The molecule has 3 heterocycles. The van der Waals surface area contributed by atoms with E-state index in [1.807, 2.05) is 36.5 Å². The van der Waals surface area contributed by atoms with Gasteiger partial charge in [0.1, 0.15) is 5.75 Å². The summed E-state index contributed by atoms with van der Waals surface area (Å²) in [4.78, 5) is 8.70. The molecule has 0 saturated carbocycles. The zero-order valence-electron chi connectivity index (χ0n) is 13.9. The number of benzene rings is 1. The summed E-state index contributed by atoms with van der Waals surface area (Å²) in [5.74, 6) is 1.78. The first-order valence-corrected chi connectivity index (χ1v) is 7.80. The minimum atomic E-state index is 0.378. The standard InChI is InChI=1S/C16H15N9O/c1-26-13-4-2-3-12(7-13)25-10-11(8-19-25)14-5-6-17-16(20-14)18-9-15-21-23-24-22-15/h2-8,10H,9H2,1H3,(H,17,18,20)(H,21,22,23,24). The number of hydrogen-bond donors (Lipinski definition) is 2. The Morgan fingerprint density at radius 3 is 3.08 bits per heavy atom. The van der Waals surface area contributed by atoms with Gasteiger partial charge in [0.05, 0.1) is 31.2 Å². The van der Waals surface area contributed by atoms with Crippen LogP contribution in [0.3, 0.4) is 0 Å². The average molecular weight is 349 g/mol. The molecular weight excluding hydrogens is 334 g/mol. The number of rotatable bonds is 6. The Hall–Kier alpha value is -3.82. The Bertz CT molecular complexity index is 996. The third-order valence-electron chi connectivity index (χ3n) is 3.65. The molecule has 2 N–H and O–H groups in total. The molecule has 0 aliphatic heterocycles. The third kappa shape index (κ3) is 3.34. The predicted octanol–water partition coefficient (Wildman–Crippen LogP) is 1.46. The summed E-state index contributed by atoms with van der Waals surface area (Å²) in [7, 11) is 1.64. The smallest absolute Gasteiger partial charge is 0.223 e. The van der Waals surface area contributed by atoms with Crippen molar-refractivity contribution in [2.24, 2.45) is 0 Å². The number of ether oxygens (including phenoxy) is 1. The van der Waals surface area contributed by atoms with E-state index in [0.717, 1.165) is 22.7 Å². The van der Waals surface area contributed by atoms with E-state index < -0.39 is 0 Å². The Labute approximate surface area is 148 Å². The molecule has 0 aliphatic rings. The van der Waals surface area contributed by atoms with Crippen molar-refractivity contribution in [1.29, 1.82) is 0 Å². The van der Waals surface area contributed by atoms with E-state index in [2.05, 4.69) is 41.0 Å². The number of tetrazole rings is 1. The quantitative estimate of drug-likeness (QED) is 0.537. The second kappa shape index (κ2) is 6.97. The van der Waals surface area contributed by atoms with Crippen molar-refractivity contribution in [3.05, 3.63) is 54.7 Å². The van der Waals surface area contributed by atoms with Crippen molar-refractivity contribution in [2.45, 2.75) is 6.54 Å². The maximum absolute atomic E-state index is 5.25. The minimum Gasteiger partial charge on any atom is -0.497 e. The largest absolute Gasteiger partial charge is 0.497 e. The second-order valence-corrected chi connectivity index (χ2v) is 5.32. The second-order valence-electron chi connectivity index (χ2n) is 5.32. The van der Waals surface area contributed by atoms with Crippen LogP contribution in [-0.4, -0.2) is 47.5 Å². The molecule has 0 aliphatic carbocycles. The SMILES string of the molecule is COc1cccc(-n2cc(-c3ccnc(NCc4nn[nH]n4)n3)cn2)c1. The molecule has 0 atom stereocenters. The highest BCUT2D eigenvalue weighted by Gasteiger charge is 2.08. The number of aromatic amines is 1. The van der Waals surface area contributed by atoms with E-state index in [0.29, 0.717) is 18.3 Å². The fraction of sp³-hybridized carbons (Fsp3) is 0.125. The van der Waals surface area contributed by atoms with E-state index in [9.17, 15) is 0 Å². The lowest BCUT2D eigenvalue weighted by molar-refractivity contribution is 0.414. The van der Waals surface area contributed by atoms with Crippen molar-refractivity contribution >= 4 is 5.95 Å². The molecular formula is C16H15N9O. The first kappa shape index (κ1) is 15.7. The fourth-order valence-electron chi connectivity index (χ4n) is 2.37. The van der Waals surface area contributed by atoms with Crippen molar-refractivity contribution < 1.29 is 4.74 Å². The molecule has 10 nitrogen and oxygen atoms in total. The highest BCUT2D eigenvalue weighted by Crippen LogP contribution is 2.21. The highest BCUT2D eigenvalue weighted by atomic mass is 16.5. The maximum Gasteiger partial charge on any atom is 0.223 e. The molecule has 0 bridgehead atoms. The molecule has 0 amide bonds. The Kier molecular flexibility index (Phi) is 4.21. The van der Waals surface area contributed by atoms with Gasteiger partial charge >= 0.3 is 0 Å². The van der Waals surface area contributed by atoms with Crippen LogP contribution in [0.15, 0.2) is 48.9 Å². The summed E-state index contributed by atoms with van der Waals surface area (Å²) in [6.45, 7) is 0.378. The van der Waals surface area contributed by atoms with Gasteiger partial charge in [0, 0.05) is 24.0 Å². The summed E-state index contributed by atoms with van der Waals surface area (Å²) in [6.07, 6.45) is 5.34. The minimum absolute atomic E-state index is 0.378. The van der Waals surface area contributed by atoms with Gasteiger partial charge in [-0.15, -0.1) is 10.2 Å². The number of nitrogens with one attached hydrogen (secondary N) is 2. The van der Waals surface area contributed by atoms with Crippen LogP contribution >= 0.6 is 0 Å². The van der Waals surface area contributed by atoms with Gasteiger partial charge in [0.25, 0.3) is 0 Å². The van der Waals surface area contributed by atoms with Gasteiger partial charge in [0.15, 0.2) is 5.82 Å². The molecule has 130 valence electrons. The zero-order valence-corrected chi connectivity index (χ0v) is 13.9.